The van der Waals surface area contributed by atoms with Crippen LogP contribution in [0.25, 0.3) is 0 Å². The Morgan fingerprint density at radius 1 is 0.526 bits per heavy atom. The highest BCUT2D eigenvalue weighted by molar-refractivity contribution is 6.12. The lowest BCUT2D eigenvalue weighted by molar-refractivity contribution is -0.152. The number of carbonyl (C=O) groups is 4. The van der Waals surface area contributed by atoms with Crippen LogP contribution < -0.4 is 0 Å². The van der Waals surface area contributed by atoms with Gasteiger partial charge in [-0.05, 0) is 59.1 Å². The second-order valence-corrected chi connectivity index (χ2v) is 12.3. The fourth-order valence-electron chi connectivity index (χ4n) is 4.57. The number of amides is 4. The fraction of sp³-hybridized carbons (Fsp3) is 0.500. The first-order valence-corrected chi connectivity index (χ1v) is 13.8. The van der Waals surface area contributed by atoms with Crippen molar-refractivity contribution >= 4 is 23.6 Å². The topological polar surface area (TPSA) is 74.8 Å². The van der Waals surface area contributed by atoms with Gasteiger partial charge in [0, 0.05) is 24.0 Å². The van der Waals surface area contributed by atoms with Crippen LogP contribution in [0, 0.1) is 0 Å². The largest absolute Gasteiger partial charge is 0.280 e. The number of hydrogen-bond donors (Lipinski definition) is 0. The van der Waals surface area contributed by atoms with Crippen LogP contribution in [-0.4, -0.2) is 33.6 Å². The molecule has 0 aromatic heterocycles. The first kappa shape index (κ1) is 29.3. The molecule has 1 saturated heterocycles. The number of hydrazine groups is 1. The lowest BCUT2D eigenvalue weighted by Crippen LogP contribution is -2.55. The zero-order valence-corrected chi connectivity index (χ0v) is 23.8. The highest BCUT2D eigenvalue weighted by Crippen LogP contribution is 2.26. The van der Waals surface area contributed by atoms with Gasteiger partial charge in [-0.2, -0.15) is 10.0 Å². The van der Waals surface area contributed by atoms with Crippen LogP contribution in [0.3, 0.4) is 0 Å². The van der Waals surface area contributed by atoms with E-state index in [1.54, 1.807) is 24.3 Å². The molecule has 0 N–H and O–H groups in total. The van der Waals surface area contributed by atoms with E-state index in [1.807, 2.05) is 24.3 Å². The summed E-state index contributed by atoms with van der Waals surface area (Å²) in [5, 5.41) is 1.60. The van der Waals surface area contributed by atoms with E-state index in [-0.39, 0.29) is 34.8 Å². The molecule has 1 heterocycles. The molecule has 0 spiro atoms. The minimum Gasteiger partial charge on any atom is -0.272 e. The smallest absolute Gasteiger partial charge is 0.272 e. The highest BCUT2D eigenvalue weighted by atomic mass is 16.2. The second kappa shape index (κ2) is 12.1. The first-order valence-electron chi connectivity index (χ1n) is 13.8. The van der Waals surface area contributed by atoms with Gasteiger partial charge in [0.15, 0.2) is 0 Å². The molecule has 0 saturated carbocycles. The lowest BCUT2D eigenvalue weighted by Gasteiger charge is -2.32. The molecule has 1 aliphatic rings. The van der Waals surface area contributed by atoms with E-state index in [0.29, 0.717) is 12.8 Å². The summed E-state index contributed by atoms with van der Waals surface area (Å²) in [5.74, 6) is -2.41. The first-order chi connectivity index (χ1) is 17.8. The number of carbonyl (C=O) groups excluding carboxylic acids is 4. The highest BCUT2D eigenvalue weighted by Gasteiger charge is 2.37. The summed E-state index contributed by atoms with van der Waals surface area (Å²) in [6, 6.07) is 14.1. The van der Waals surface area contributed by atoms with Gasteiger partial charge in [0.1, 0.15) is 0 Å². The molecule has 1 fully saturated rings. The minimum absolute atomic E-state index is 0.0891. The molecule has 6 heteroatoms. The molecule has 0 atom stereocenters. The predicted molar refractivity (Wildman–Crippen MR) is 150 cm³/mol. The van der Waals surface area contributed by atoms with E-state index < -0.39 is 23.6 Å². The van der Waals surface area contributed by atoms with Crippen LogP contribution in [0.4, 0.5) is 0 Å². The zero-order chi connectivity index (χ0) is 28.1. The fourth-order valence-corrected chi connectivity index (χ4v) is 4.57. The third kappa shape index (κ3) is 7.18. The number of hydrogen-bond acceptors (Lipinski definition) is 4. The average Bonchev–Trinajstić information content (AvgIpc) is 2.86. The molecule has 38 heavy (non-hydrogen) atoms. The summed E-state index contributed by atoms with van der Waals surface area (Å²) < 4.78 is 0. The summed E-state index contributed by atoms with van der Waals surface area (Å²) in [7, 11) is 0. The van der Waals surface area contributed by atoms with Crippen molar-refractivity contribution in [2.75, 3.05) is 0 Å². The van der Waals surface area contributed by atoms with Gasteiger partial charge in [0.25, 0.3) is 11.8 Å². The van der Waals surface area contributed by atoms with Crippen molar-refractivity contribution in [3.05, 3.63) is 70.8 Å². The Kier molecular flexibility index (Phi) is 9.29. The normalized spacial score (nSPS) is 16.6. The maximum Gasteiger partial charge on any atom is 0.280 e. The number of rotatable bonds is 2. The van der Waals surface area contributed by atoms with E-state index in [2.05, 4.69) is 41.5 Å². The Balaban J connectivity index is 2.05. The minimum atomic E-state index is -0.666. The van der Waals surface area contributed by atoms with E-state index >= 15 is 0 Å². The monoisotopic (exact) mass is 518 g/mol. The molecule has 3 rings (SSSR count). The Labute approximate surface area is 227 Å². The molecule has 0 unspecified atom stereocenters. The summed E-state index contributed by atoms with van der Waals surface area (Å²) in [6.45, 7) is 12.5. The number of benzene rings is 2. The van der Waals surface area contributed by atoms with E-state index in [1.165, 1.54) is 0 Å². The van der Waals surface area contributed by atoms with Gasteiger partial charge in [0.05, 0.1) is 0 Å². The average molecular weight is 519 g/mol. The Morgan fingerprint density at radius 2 is 0.816 bits per heavy atom. The molecule has 1 aliphatic heterocycles. The maximum atomic E-state index is 13.8. The van der Waals surface area contributed by atoms with Crippen molar-refractivity contribution in [3.63, 3.8) is 0 Å². The Bertz CT molecular complexity index is 1060. The van der Waals surface area contributed by atoms with E-state index in [4.69, 9.17) is 0 Å². The van der Waals surface area contributed by atoms with Crippen LogP contribution in [0.15, 0.2) is 48.5 Å². The van der Waals surface area contributed by atoms with Gasteiger partial charge in [-0.3, -0.25) is 19.2 Å². The third-order valence-corrected chi connectivity index (χ3v) is 7.08. The van der Waals surface area contributed by atoms with Crippen LogP contribution >= 0.6 is 0 Å². The van der Waals surface area contributed by atoms with Gasteiger partial charge < -0.3 is 0 Å². The van der Waals surface area contributed by atoms with Crippen molar-refractivity contribution in [2.24, 2.45) is 0 Å². The standard InChI is InChI=1S/C32H42N2O4/c1-31(2,3)25-19-15-23(16-20-25)29(37)33-27(35)13-11-9-7-8-10-12-14-28(36)34(33)30(38)24-17-21-26(22-18-24)32(4,5)6/h15-22H,7-14H2,1-6H3. The SMILES string of the molecule is CC(C)(C)c1ccc(C(=O)N2C(=O)CCCCCCCCC(=O)N2C(=O)c2ccc(C(C)(C)C)cc2)cc1. The van der Waals surface area contributed by atoms with Crippen LogP contribution in [-0.2, 0) is 20.4 Å². The van der Waals surface area contributed by atoms with E-state index in [0.717, 1.165) is 46.8 Å². The van der Waals surface area contributed by atoms with Gasteiger partial charge in [-0.25, -0.2) is 0 Å². The molecular formula is C32H42N2O4. The molecule has 0 aliphatic carbocycles. The van der Waals surface area contributed by atoms with Crippen molar-refractivity contribution in [3.8, 4) is 0 Å². The lowest BCUT2D eigenvalue weighted by atomic mass is 9.86. The zero-order valence-electron chi connectivity index (χ0n) is 23.8. The van der Waals surface area contributed by atoms with Crippen molar-refractivity contribution < 1.29 is 19.2 Å². The van der Waals surface area contributed by atoms with Gasteiger partial charge in [-0.15, -0.1) is 0 Å². The van der Waals surface area contributed by atoms with Gasteiger partial charge in [-0.1, -0.05) is 91.5 Å². The van der Waals surface area contributed by atoms with Crippen molar-refractivity contribution in [1.82, 2.24) is 10.0 Å². The molecule has 0 radical (unpaired) electrons. The van der Waals surface area contributed by atoms with Gasteiger partial charge in [0.2, 0.25) is 11.8 Å². The summed E-state index contributed by atoms with van der Waals surface area (Å²) in [6.07, 6.45) is 5.06. The van der Waals surface area contributed by atoms with Crippen LogP contribution in [0.1, 0.15) is 125 Å². The molecule has 2 aromatic rings. The van der Waals surface area contributed by atoms with Crippen molar-refractivity contribution in [1.29, 1.82) is 0 Å². The second-order valence-electron chi connectivity index (χ2n) is 12.3. The molecule has 2 aromatic carbocycles. The van der Waals surface area contributed by atoms with Crippen LogP contribution in [0.5, 0.6) is 0 Å². The summed E-state index contributed by atoms with van der Waals surface area (Å²) in [5.41, 5.74) is 2.37. The number of imide groups is 2. The quantitative estimate of drug-likeness (QED) is 0.402. The van der Waals surface area contributed by atoms with Crippen molar-refractivity contribution in [2.45, 2.75) is 104 Å². The molecule has 6 nitrogen and oxygen atoms in total. The molecule has 0 bridgehead atoms. The van der Waals surface area contributed by atoms with Crippen LogP contribution in [0.2, 0.25) is 0 Å². The summed E-state index contributed by atoms with van der Waals surface area (Å²) >= 11 is 0. The molecular weight excluding hydrogens is 476 g/mol. The summed E-state index contributed by atoms with van der Waals surface area (Å²) in [4.78, 5) is 54.7. The van der Waals surface area contributed by atoms with Gasteiger partial charge >= 0.3 is 0 Å². The van der Waals surface area contributed by atoms with E-state index in [9.17, 15) is 19.2 Å². The molecule has 204 valence electrons. The maximum absolute atomic E-state index is 13.8. The molecule has 4 amide bonds. The predicted octanol–water partition coefficient (Wildman–Crippen LogP) is 6.97. The third-order valence-electron chi connectivity index (χ3n) is 7.08. The Hall–Kier alpha value is -3.28. The number of nitrogens with zero attached hydrogens (tertiary/aromatic N) is 2. The Morgan fingerprint density at radius 3 is 1.11 bits per heavy atom.